The SMILES string of the molecule is Cc1ccc(S(=O)(=O)Oc2nc(C3CCC(=O)N(c4ccnc(C)c4)C3)nc3nc(C)c(C)nc23)cc1. The summed E-state index contributed by atoms with van der Waals surface area (Å²) in [5.74, 6) is -0.0995. The quantitative estimate of drug-likeness (QED) is 0.363. The van der Waals surface area contributed by atoms with Gasteiger partial charge in [-0.25, -0.2) is 15.0 Å². The second-order valence-corrected chi connectivity index (χ2v) is 10.7. The molecule has 0 N–H and O–H groups in total. The molecule has 0 radical (unpaired) electrons. The van der Waals surface area contributed by atoms with Gasteiger partial charge in [-0.1, -0.05) is 17.7 Å². The van der Waals surface area contributed by atoms with Gasteiger partial charge in [0.25, 0.3) is 5.88 Å². The molecule has 1 aromatic carbocycles. The molecule has 1 aliphatic rings. The number of carbonyl (C=O) groups excluding carboxylic acids is 1. The summed E-state index contributed by atoms with van der Waals surface area (Å²) in [6.45, 7) is 7.64. The molecule has 3 aromatic heterocycles. The molecule has 4 heterocycles. The molecule has 1 fully saturated rings. The van der Waals surface area contributed by atoms with Gasteiger partial charge in [0.15, 0.2) is 11.2 Å². The van der Waals surface area contributed by atoms with Crippen molar-refractivity contribution in [3.05, 3.63) is 71.1 Å². The zero-order valence-electron chi connectivity index (χ0n) is 21.0. The number of amides is 1. The topological polar surface area (TPSA) is 128 Å². The number of aryl methyl sites for hydroxylation is 4. The number of fused-ring (bicyclic) bond motifs is 1. The third-order valence-electron chi connectivity index (χ3n) is 6.39. The number of nitrogens with zero attached hydrogens (tertiary/aromatic N) is 6. The molecule has 190 valence electrons. The predicted octanol–water partition coefficient (Wildman–Crippen LogP) is 3.73. The van der Waals surface area contributed by atoms with Crippen molar-refractivity contribution in [3.8, 4) is 5.88 Å². The van der Waals surface area contributed by atoms with E-state index in [4.69, 9.17) is 4.18 Å². The third-order valence-corrected chi connectivity index (χ3v) is 7.62. The number of pyridine rings is 1. The van der Waals surface area contributed by atoms with Crippen LogP contribution in [0.2, 0.25) is 0 Å². The van der Waals surface area contributed by atoms with Gasteiger partial charge in [-0.2, -0.15) is 13.4 Å². The van der Waals surface area contributed by atoms with E-state index in [0.717, 1.165) is 16.9 Å². The number of piperidine rings is 1. The van der Waals surface area contributed by atoms with Crippen molar-refractivity contribution in [3.63, 3.8) is 0 Å². The third kappa shape index (κ3) is 4.99. The van der Waals surface area contributed by atoms with E-state index in [1.54, 1.807) is 43.1 Å². The van der Waals surface area contributed by atoms with Crippen molar-refractivity contribution in [2.45, 2.75) is 51.3 Å². The standard InChI is InChI=1S/C26H26N6O4S/c1-15-5-8-21(9-6-15)37(34,35)36-26-23-25(29-18(4)17(3)28-23)30-24(31-26)19-7-10-22(33)32(14-19)20-11-12-27-16(2)13-20/h5-6,8-9,11-13,19H,7,10,14H2,1-4H3. The number of rotatable bonds is 5. The summed E-state index contributed by atoms with van der Waals surface area (Å²) >= 11 is 0. The Labute approximate surface area is 214 Å². The highest BCUT2D eigenvalue weighted by Crippen LogP contribution is 2.32. The summed E-state index contributed by atoms with van der Waals surface area (Å²) in [4.78, 5) is 36.8. The van der Waals surface area contributed by atoms with E-state index >= 15 is 0 Å². The number of benzene rings is 1. The number of aromatic nitrogens is 5. The highest BCUT2D eigenvalue weighted by atomic mass is 32.2. The molecule has 1 unspecified atom stereocenters. The van der Waals surface area contributed by atoms with Crippen molar-refractivity contribution in [2.75, 3.05) is 11.4 Å². The molecule has 4 aromatic rings. The molecule has 5 rings (SSSR count). The summed E-state index contributed by atoms with van der Waals surface area (Å²) in [5, 5.41) is 0. The molecule has 1 aliphatic heterocycles. The minimum atomic E-state index is -4.19. The van der Waals surface area contributed by atoms with Gasteiger partial charge in [0.05, 0.1) is 11.4 Å². The van der Waals surface area contributed by atoms with E-state index in [9.17, 15) is 13.2 Å². The van der Waals surface area contributed by atoms with E-state index < -0.39 is 10.1 Å². The normalized spacial score (nSPS) is 16.3. The molecule has 1 amide bonds. The Hall–Kier alpha value is -3.99. The zero-order valence-corrected chi connectivity index (χ0v) is 21.8. The lowest BCUT2D eigenvalue weighted by molar-refractivity contribution is -0.119. The van der Waals surface area contributed by atoms with E-state index in [1.165, 1.54) is 12.1 Å². The maximum absolute atomic E-state index is 13.1. The van der Waals surface area contributed by atoms with E-state index in [-0.39, 0.29) is 33.8 Å². The molecule has 1 saturated heterocycles. The smallest absolute Gasteiger partial charge is 0.340 e. The fourth-order valence-corrected chi connectivity index (χ4v) is 5.10. The number of hydrogen-bond acceptors (Lipinski definition) is 9. The first-order valence-corrected chi connectivity index (χ1v) is 13.3. The summed E-state index contributed by atoms with van der Waals surface area (Å²) in [5.41, 5.74) is 4.15. The van der Waals surface area contributed by atoms with Crippen LogP contribution < -0.4 is 9.08 Å². The lowest BCUT2D eigenvalue weighted by Crippen LogP contribution is -2.39. The minimum absolute atomic E-state index is 0.00528. The Balaban J connectivity index is 1.57. The van der Waals surface area contributed by atoms with E-state index in [1.807, 2.05) is 19.9 Å². The number of anilines is 1. The van der Waals surface area contributed by atoms with Crippen LogP contribution in [-0.4, -0.2) is 45.8 Å². The Bertz CT molecular complexity index is 1620. The highest BCUT2D eigenvalue weighted by Gasteiger charge is 2.31. The van der Waals surface area contributed by atoms with Crippen molar-refractivity contribution in [1.29, 1.82) is 0 Å². The molecule has 37 heavy (non-hydrogen) atoms. The molecular formula is C26H26N6O4S. The summed E-state index contributed by atoms with van der Waals surface area (Å²) in [7, 11) is -4.19. The van der Waals surface area contributed by atoms with Crippen LogP contribution in [0.15, 0.2) is 47.5 Å². The molecule has 0 aliphatic carbocycles. The van der Waals surface area contributed by atoms with Crippen LogP contribution in [0.3, 0.4) is 0 Å². The first-order valence-electron chi connectivity index (χ1n) is 11.9. The van der Waals surface area contributed by atoms with Crippen LogP contribution in [0, 0.1) is 27.7 Å². The Morgan fingerprint density at radius 3 is 2.41 bits per heavy atom. The zero-order chi connectivity index (χ0) is 26.3. The first-order chi connectivity index (χ1) is 17.6. The van der Waals surface area contributed by atoms with Crippen LogP contribution in [0.5, 0.6) is 5.88 Å². The number of hydrogen-bond donors (Lipinski definition) is 0. The van der Waals surface area contributed by atoms with E-state index in [2.05, 4.69) is 24.9 Å². The van der Waals surface area contributed by atoms with Gasteiger partial charge in [0, 0.05) is 36.5 Å². The summed E-state index contributed by atoms with van der Waals surface area (Å²) in [6, 6.07) is 9.99. The average molecular weight is 519 g/mol. The van der Waals surface area contributed by atoms with Gasteiger partial charge in [-0.05, 0) is 58.4 Å². The second kappa shape index (κ2) is 9.47. The van der Waals surface area contributed by atoms with Crippen LogP contribution in [-0.2, 0) is 14.9 Å². The van der Waals surface area contributed by atoms with Gasteiger partial charge in [-0.3, -0.25) is 9.78 Å². The van der Waals surface area contributed by atoms with Crippen molar-refractivity contribution < 1.29 is 17.4 Å². The number of carbonyl (C=O) groups is 1. The van der Waals surface area contributed by atoms with Crippen LogP contribution >= 0.6 is 0 Å². The second-order valence-electron chi connectivity index (χ2n) is 9.20. The van der Waals surface area contributed by atoms with Gasteiger partial charge in [0.2, 0.25) is 5.91 Å². The van der Waals surface area contributed by atoms with Crippen LogP contribution in [0.4, 0.5) is 5.69 Å². The molecule has 11 heteroatoms. The van der Waals surface area contributed by atoms with Gasteiger partial charge >= 0.3 is 10.1 Å². The summed E-state index contributed by atoms with van der Waals surface area (Å²) < 4.78 is 31.8. The Morgan fingerprint density at radius 2 is 1.68 bits per heavy atom. The lowest BCUT2D eigenvalue weighted by atomic mass is 9.96. The monoisotopic (exact) mass is 518 g/mol. The van der Waals surface area contributed by atoms with Gasteiger partial charge in [-0.15, -0.1) is 0 Å². The average Bonchev–Trinajstić information content (AvgIpc) is 2.85. The molecule has 0 bridgehead atoms. The van der Waals surface area contributed by atoms with Crippen molar-refractivity contribution in [2.24, 2.45) is 0 Å². The largest absolute Gasteiger partial charge is 0.356 e. The fraction of sp³-hybridized carbons (Fsp3) is 0.308. The van der Waals surface area contributed by atoms with Gasteiger partial charge < -0.3 is 9.08 Å². The molecule has 0 saturated carbocycles. The summed E-state index contributed by atoms with van der Waals surface area (Å²) in [6.07, 6.45) is 2.47. The molecule has 0 spiro atoms. The maximum atomic E-state index is 13.1. The molecule has 10 nitrogen and oxygen atoms in total. The first kappa shape index (κ1) is 24.7. The van der Waals surface area contributed by atoms with Crippen LogP contribution in [0.25, 0.3) is 11.2 Å². The highest BCUT2D eigenvalue weighted by molar-refractivity contribution is 7.87. The lowest BCUT2D eigenvalue weighted by Gasteiger charge is -2.32. The van der Waals surface area contributed by atoms with Crippen molar-refractivity contribution in [1.82, 2.24) is 24.9 Å². The minimum Gasteiger partial charge on any atom is -0.356 e. The molecular weight excluding hydrogens is 492 g/mol. The van der Waals surface area contributed by atoms with Gasteiger partial charge in [0.1, 0.15) is 10.7 Å². The Morgan fingerprint density at radius 1 is 0.946 bits per heavy atom. The van der Waals surface area contributed by atoms with E-state index in [0.29, 0.717) is 36.6 Å². The fourth-order valence-electron chi connectivity index (χ4n) is 4.21. The van der Waals surface area contributed by atoms with Crippen LogP contribution in [0.1, 0.15) is 47.2 Å². The predicted molar refractivity (Wildman–Crippen MR) is 137 cm³/mol. The molecule has 1 atom stereocenters. The Kier molecular flexibility index (Phi) is 6.32. The van der Waals surface area contributed by atoms with Crippen molar-refractivity contribution >= 4 is 32.9 Å². The maximum Gasteiger partial charge on any atom is 0.340 e.